The predicted molar refractivity (Wildman–Crippen MR) is 106 cm³/mol. The Kier molecular flexibility index (Phi) is 6.25. The normalized spacial score (nSPS) is 14.5. The number of anilines is 1. The molecule has 1 aliphatic rings. The fraction of sp³-hybridized carbons (Fsp3) is 0.368. The number of hydrogen-bond acceptors (Lipinski definition) is 7. The average molecular weight is 403 g/mol. The molecule has 1 N–H and O–H groups in total. The van der Waals surface area contributed by atoms with Crippen molar-refractivity contribution in [3.8, 4) is 0 Å². The van der Waals surface area contributed by atoms with E-state index in [1.807, 2.05) is 22.4 Å². The standard InChI is InChI=1S/C19H21N3O5S/c1-27-18(23)12-14(17-5-4-10-28-17)20-19(24)13-6-7-15(16(11-13)22(25)26)21-8-2-3-9-21/h4-7,10-11,14H,2-3,8-9,12H2,1H3,(H,20,24)/t14-/m0/s1. The van der Waals surface area contributed by atoms with Crippen LogP contribution in [-0.2, 0) is 9.53 Å². The maximum atomic E-state index is 12.7. The SMILES string of the molecule is COC(=O)C[C@H](NC(=O)c1ccc(N2CCCC2)c([N+](=O)[O-])c1)c1cccs1. The van der Waals surface area contributed by atoms with Crippen molar-refractivity contribution in [3.63, 3.8) is 0 Å². The van der Waals surface area contributed by atoms with Gasteiger partial charge in [0, 0.05) is 29.6 Å². The number of amides is 1. The van der Waals surface area contributed by atoms with E-state index in [2.05, 4.69) is 5.32 Å². The molecule has 1 aromatic heterocycles. The molecule has 3 rings (SSSR count). The van der Waals surface area contributed by atoms with Crippen molar-refractivity contribution >= 4 is 34.6 Å². The third kappa shape index (κ3) is 4.48. The number of esters is 1. The van der Waals surface area contributed by atoms with Gasteiger partial charge in [-0.05, 0) is 36.4 Å². The van der Waals surface area contributed by atoms with Crippen LogP contribution in [0, 0.1) is 10.1 Å². The van der Waals surface area contributed by atoms with Gasteiger partial charge in [-0.25, -0.2) is 0 Å². The molecular formula is C19H21N3O5S. The summed E-state index contributed by atoms with van der Waals surface area (Å²) < 4.78 is 4.71. The topological polar surface area (TPSA) is 102 Å². The summed E-state index contributed by atoms with van der Waals surface area (Å²) in [6, 6.07) is 7.59. The van der Waals surface area contributed by atoms with Gasteiger partial charge >= 0.3 is 5.97 Å². The van der Waals surface area contributed by atoms with E-state index in [0.717, 1.165) is 30.8 Å². The monoisotopic (exact) mass is 403 g/mol. The van der Waals surface area contributed by atoms with Crippen LogP contribution in [0.15, 0.2) is 35.7 Å². The van der Waals surface area contributed by atoms with Crippen LogP contribution in [0.3, 0.4) is 0 Å². The Morgan fingerprint density at radius 3 is 2.68 bits per heavy atom. The molecule has 1 amide bonds. The molecule has 0 bridgehead atoms. The summed E-state index contributed by atoms with van der Waals surface area (Å²) in [4.78, 5) is 38.3. The molecule has 148 valence electrons. The van der Waals surface area contributed by atoms with Gasteiger partial charge in [-0.2, -0.15) is 0 Å². The van der Waals surface area contributed by atoms with E-state index in [1.165, 1.54) is 24.5 Å². The molecule has 0 radical (unpaired) electrons. The van der Waals surface area contributed by atoms with Crippen molar-refractivity contribution in [2.45, 2.75) is 25.3 Å². The van der Waals surface area contributed by atoms with Crippen molar-refractivity contribution in [1.29, 1.82) is 0 Å². The Morgan fingerprint density at radius 2 is 2.07 bits per heavy atom. The summed E-state index contributed by atoms with van der Waals surface area (Å²) in [5.74, 6) is -0.924. The zero-order valence-electron chi connectivity index (χ0n) is 15.4. The first kappa shape index (κ1) is 19.8. The van der Waals surface area contributed by atoms with Crippen molar-refractivity contribution in [3.05, 3.63) is 56.3 Å². The highest BCUT2D eigenvalue weighted by atomic mass is 32.1. The second-order valence-corrected chi connectivity index (χ2v) is 7.46. The lowest BCUT2D eigenvalue weighted by atomic mass is 10.1. The lowest BCUT2D eigenvalue weighted by Gasteiger charge is -2.19. The molecule has 0 spiro atoms. The van der Waals surface area contributed by atoms with Gasteiger partial charge < -0.3 is 15.0 Å². The number of benzene rings is 1. The number of methoxy groups -OCH3 is 1. The Balaban J connectivity index is 1.83. The summed E-state index contributed by atoms with van der Waals surface area (Å²) in [6.07, 6.45) is 1.97. The maximum Gasteiger partial charge on any atom is 0.307 e. The Morgan fingerprint density at radius 1 is 1.32 bits per heavy atom. The average Bonchev–Trinajstić information content (AvgIpc) is 3.40. The number of nitro groups is 1. The van der Waals surface area contributed by atoms with Gasteiger partial charge in [-0.1, -0.05) is 6.07 Å². The van der Waals surface area contributed by atoms with E-state index >= 15 is 0 Å². The molecule has 2 heterocycles. The molecule has 28 heavy (non-hydrogen) atoms. The van der Waals surface area contributed by atoms with Crippen LogP contribution in [-0.4, -0.2) is 37.0 Å². The zero-order valence-corrected chi connectivity index (χ0v) is 16.2. The number of thiophene rings is 1. The van der Waals surface area contributed by atoms with Crippen molar-refractivity contribution in [2.75, 3.05) is 25.1 Å². The Hall–Kier alpha value is -2.94. The van der Waals surface area contributed by atoms with Gasteiger partial charge in [-0.3, -0.25) is 19.7 Å². The molecule has 8 nitrogen and oxygen atoms in total. The molecular weight excluding hydrogens is 382 g/mol. The number of hydrogen-bond donors (Lipinski definition) is 1. The van der Waals surface area contributed by atoms with E-state index in [0.29, 0.717) is 5.69 Å². The second-order valence-electron chi connectivity index (χ2n) is 6.48. The number of rotatable bonds is 7. The van der Waals surface area contributed by atoms with Crippen LogP contribution in [0.2, 0.25) is 0 Å². The number of carbonyl (C=O) groups excluding carboxylic acids is 2. The molecule has 1 aromatic carbocycles. The highest BCUT2D eigenvalue weighted by molar-refractivity contribution is 7.10. The summed E-state index contributed by atoms with van der Waals surface area (Å²) in [5.41, 5.74) is 0.625. The van der Waals surface area contributed by atoms with Gasteiger partial charge in [-0.15, -0.1) is 11.3 Å². The highest BCUT2D eigenvalue weighted by Crippen LogP contribution is 2.32. The van der Waals surface area contributed by atoms with E-state index in [-0.39, 0.29) is 17.7 Å². The third-order valence-electron chi connectivity index (χ3n) is 4.67. The van der Waals surface area contributed by atoms with Gasteiger partial charge in [0.25, 0.3) is 11.6 Å². The first-order valence-electron chi connectivity index (χ1n) is 8.94. The second kappa shape index (κ2) is 8.83. The lowest BCUT2D eigenvalue weighted by molar-refractivity contribution is -0.384. The molecule has 2 aromatic rings. The molecule has 1 atom stereocenters. The molecule has 1 fully saturated rings. The molecule has 0 unspecified atom stereocenters. The summed E-state index contributed by atoms with van der Waals surface area (Å²) >= 11 is 1.41. The highest BCUT2D eigenvalue weighted by Gasteiger charge is 2.25. The summed E-state index contributed by atoms with van der Waals surface area (Å²) in [7, 11) is 1.29. The lowest BCUT2D eigenvalue weighted by Crippen LogP contribution is -2.30. The minimum absolute atomic E-state index is 0.0172. The zero-order chi connectivity index (χ0) is 20.1. The van der Waals surface area contributed by atoms with Gasteiger partial charge in [0.2, 0.25) is 0 Å². The Labute approximate surface area is 166 Å². The fourth-order valence-corrected chi connectivity index (χ4v) is 4.02. The van der Waals surface area contributed by atoms with Crippen LogP contribution in [0.5, 0.6) is 0 Å². The fourth-order valence-electron chi connectivity index (χ4n) is 3.24. The number of ether oxygens (including phenoxy) is 1. The van der Waals surface area contributed by atoms with E-state index in [1.54, 1.807) is 12.1 Å². The molecule has 9 heteroatoms. The number of carbonyl (C=O) groups is 2. The summed E-state index contributed by atoms with van der Waals surface area (Å²) in [5, 5.41) is 16.2. The van der Waals surface area contributed by atoms with Crippen molar-refractivity contribution in [2.24, 2.45) is 0 Å². The molecule has 0 saturated carbocycles. The molecule has 1 aliphatic heterocycles. The van der Waals surface area contributed by atoms with Crippen LogP contribution in [0.4, 0.5) is 11.4 Å². The van der Waals surface area contributed by atoms with Crippen molar-refractivity contribution < 1.29 is 19.2 Å². The predicted octanol–water partition coefficient (Wildman–Crippen LogP) is 3.29. The van der Waals surface area contributed by atoms with E-state index < -0.39 is 22.8 Å². The molecule has 0 aliphatic carbocycles. The van der Waals surface area contributed by atoms with Crippen molar-refractivity contribution in [1.82, 2.24) is 5.32 Å². The van der Waals surface area contributed by atoms with Gasteiger partial charge in [0.15, 0.2) is 0 Å². The minimum Gasteiger partial charge on any atom is -0.469 e. The molecule has 1 saturated heterocycles. The summed E-state index contributed by atoms with van der Waals surface area (Å²) in [6.45, 7) is 1.54. The van der Waals surface area contributed by atoms with Crippen LogP contribution < -0.4 is 10.2 Å². The van der Waals surface area contributed by atoms with Crippen LogP contribution in [0.25, 0.3) is 0 Å². The number of nitro benzene ring substituents is 1. The van der Waals surface area contributed by atoms with Gasteiger partial charge in [0.1, 0.15) is 5.69 Å². The maximum absolute atomic E-state index is 12.7. The van der Waals surface area contributed by atoms with Gasteiger partial charge in [0.05, 0.1) is 24.5 Å². The first-order chi connectivity index (χ1) is 13.5. The quantitative estimate of drug-likeness (QED) is 0.432. The number of nitrogens with zero attached hydrogens (tertiary/aromatic N) is 2. The first-order valence-corrected chi connectivity index (χ1v) is 9.82. The number of nitrogens with one attached hydrogen (secondary N) is 1. The third-order valence-corrected chi connectivity index (χ3v) is 5.66. The van der Waals surface area contributed by atoms with Crippen LogP contribution >= 0.6 is 11.3 Å². The van der Waals surface area contributed by atoms with E-state index in [4.69, 9.17) is 4.74 Å². The smallest absolute Gasteiger partial charge is 0.307 e. The van der Waals surface area contributed by atoms with E-state index in [9.17, 15) is 19.7 Å². The Bertz CT molecular complexity index is 862. The minimum atomic E-state index is -0.558. The largest absolute Gasteiger partial charge is 0.469 e. The van der Waals surface area contributed by atoms with Crippen LogP contribution in [0.1, 0.15) is 40.5 Å².